The Morgan fingerprint density at radius 1 is 1.20 bits per heavy atom. The SMILES string of the molecule is COC1(C(=O)NCCOc2ccc(C(C)(C)C)cc2)CCNCC1.Cl. The lowest BCUT2D eigenvalue weighted by Crippen LogP contribution is -2.54. The van der Waals surface area contributed by atoms with Gasteiger partial charge in [0.25, 0.3) is 5.91 Å². The average Bonchev–Trinajstić information content (AvgIpc) is 2.58. The number of hydrogen-bond acceptors (Lipinski definition) is 4. The van der Waals surface area contributed by atoms with Crippen molar-refractivity contribution in [2.24, 2.45) is 0 Å². The lowest BCUT2D eigenvalue weighted by Gasteiger charge is -2.34. The Morgan fingerprint density at radius 2 is 1.80 bits per heavy atom. The van der Waals surface area contributed by atoms with Gasteiger partial charge in [-0.1, -0.05) is 32.9 Å². The summed E-state index contributed by atoms with van der Waals surface area (Å²) < 4.78 is 11.2. The number of piperidine rings is 1. The fraction of sp³-hybridized carbons (Fsp3) is 0.632. The normalized spacial score (nSPS) is 16.6. The summed E-state index contributed by atoms with van der Waals surface area (Å²) in [5.74, 6) is 0.777. The van der Waals surface area contributed by atoms with Gasteiger partial charge in [-0.25, -0.2) is 0 Å². The Labute approximate surface area is 157 Å². The van der Waals surface area contributed by atoms with Gasteiger partial charge in [0.05, 0.1) is 6.54 Å². The molecule has 2 N–H and O–H groups in total. The van der Waals surface area contributed by atoms with Crippen molar-refractivity contribution in [3.63, 3.8) is 0 Å². The number of halogens is 1. The number of carbonyl (C=O) groups excluding carboxylic acids is 1. The molecule has 0 aliphatic carbocycles. The third kappa shape index (κ3) is 5.87. The molecule has 0 atom stereocenters. The highest BCUT2D eigenvalue weighted by molar-refractivity contribution is 5.85. The van der Waals surface area contributed by atoms with Crippen molar-refractivity contribution in [3.05, 3.63) is 29.8 Å². The molecule has 1 aromatic rings. The van der Waals surface area contributed by atoms with Crippen molar-refractivity contribution in [1.82, 2.24) is 10.6 Å². The van der Waals surface area contributed by atoms with Crippen LogP contribution in [-0.4, -0.2) is 44.9 Å². The van der Waals surface area contributed by atoms with Gasteiger partial charge in [-0.05, 0) is 49.0 Å². The summed E-state index contributed by atoms with van der Waals surface area (Å²) in [6, 6.07) is 8.13. The van der Waals surface area contributed by atoms with Gasteiger partial charge in [0.2, 0.25) is 0 Å². The predicted octanol–water partition coefficient (Wildman–Crippen LogP) is 2.67. The van der Waals surface area contributed by atoms with E-state index in [-0.39, 0.29) is 23.7 Å². The van der Waals surface area contributed by atoms with Crippen molar-refractivity contribution in [3.8, 4) is 5.75 Å². The van der Waals surface area contributed by atoms with Crippen molar-refractivity contribution in [1.29, 1.82) is 0 Å². The number of ether oxygens (including phenoxy) is 2. The fourth-order valence-corrected chi connectivity index (χ4v) is 2.90. The molecule has 2 rings (SSSR count). The van der Waals surface area contributed by atoms with Crippen LogP contribution in [0.15, 0.2) is 24.3 Å². The highest BCUT2D eigenvalue weighted by atomic mass is 35.5. The quantitative estimate of drug-likeness (QED) is 0.756. The maximum absolute atomic E-state index is 12.4. The second-order valence-electron chi connectivity index (χ2n) is 7.33. The summed E-state index contributed by atoms with van der Waals surface area (Å²) in [7, 11) is 1.61. The van der Waals surface area contributed by atoms with E-state index in [1.165, 1.54) is 5.56 Å². The first kappa shape index (κ1) is 21.7. The van der Waals surface area contributed by atoms with Gasteiger partial charge in [-0.3, -0.25) is 4.79 Å². The summed E-state index contributed by atoms with van der Waals surface area (Å²) in [4.78, 5) is 12.4. The van der Waals surface area contributed by atoms with E-state index < -0.39 is 5.60 Å². The van der Waals surface area contributed by atoms with E-state index in [0.29, 0.717) is 26.0 Å². The van der Waals surface area contributed by atoms with E-state index in [0.717, 1.165) is 18.8 Å². The lowest BCUT2D eigenvalue weighted by atomic mass is 9.87. The molecule has 6 heteroatoms. The third-order valence-corrected chi connectivity index (χ3v) is 4.59. The highest BCUT2D eigenvalue weighted by Crippen LogP contribution is 2.24. The van der Waals surface area contributed by atoms with Crippen LogP contribution in [-0.2, 0) is 14.9 Å². The zero-order valence-electron chi connectivity index (χ0n) is 15.7. The number of nitrogens with one attached hydrogen (secondary N) is 2. The first-order chi connectivity index (χ1) is 11.4. The van der Waals surface area contributed by atoms with Gasteiger partial charge in [-0.15, -0.1) is 12.4 Å². The Hall–Kier alpha value is -1.30. The molecule has 1 saturated heterocycles. The van der Waals surface area contributed by atoms with Crippen LogP contribution >= 0.6 is 12.4 Å². The van der Waals surface area contributed by atoms with Crippen LogP contribution in [0.5, 0.6) is 5.75 Å². The number of carbonyl (C=O) groups is 1. The van der Waals surface area contributed by atoms with Crippen LogP contribution in [0.1, 0.15) is 39.2 Å². The van der Waals surface area contributed by atoms with E-state index in [1.54, 1.807) is 7.11 Å². The van der Waals surface area contributed by atoms with Crippen molar-refractivity contribution < 1.29 is 14.3 Å². The molecule has 1 heterocycles. The molecule has 0 radical (unpaired) electrons. The topological polar surface area (TPSA) is 59.6 Å². The number of rotatable bonds is 6. The minimum atomic E-state index is -0.695. The van der Waals surface area contributed by atoms with Gasteiger partial charge in [-0.2, -0.15) is 0 Å². The molecule has 142 valence electrons. The van der Waals surface area contributed by atoms with Gasteiger partial charge >= 0.3 is 0 Å². The maximum Gasteiger partial charge on any atom is 0.252 e. The number of hydrogen-bond donors (Lipinski definition) is 2. The monoisotopic (exact) mass is 370 g/mol. The summed E-state index contributed by atoms with van der Waals surface area (Å²) in [5, 5.41) is 6.18. The first-order valence-electron chi connectivity index (χ1n) is 8.65. The second-order valence-corrected chi connectivity index (χ2v) is 7.33. The van der Waals surface area contributed by atoms with E-state index in [4.69, 9.17) is 9.47 Å². The fourth-order valence-electron chi connectivity index (χ4n) is 2.90. The molecule has 0 bridgehead atoms. The van der Waals surface area contributed by atoms with Gasteiger partial charge in [0.15, 0.2) is 0 Å². The van der Waals surface area contributed by atoms with E-state index >= 15 is 0 Å². The Kier molecular flexibility index (Phi) is 8.19. The van der Waals surface area contributed by atoms with E-state index in [1.807, 2.05) is 12.1 Å². The highest BCUT2D eigenvalue weighted by Gasteiger charge is 2.39. The molecule has 5 nitrogen and oxygen atoms in total. The van der Waals surface area contributed by atoms with Crippen molar-refractivity contribution in [2.45, 2.75) is 44.6 Å². The Morgan fingerprint density at radius 3 is 2.32 bits per heavy atom. The molecule has 0 saturated carbocycles. The van der Waals surface area contributed by atoms with Crippen LogP contribution in [0.2, 0.25) is 0 Å². The van der Waals surface area contributed by atoms with E-state index in [9.17, 15) is 4.79 Å². The lowest BCUT2D eigenvalue weighted by molar-refractivity contribution is -0.146. The summed E-state index contributed by atoms with van der Waals surface area (Å²) >= 11 is 0. The van der Waals surface area contributed by atoms with Crippen LogP contribution in [0.25, 0.3) is 0 Å². The molecular formula is C19H31ClN2O3. The molecule has 25 heavy (non-hydrogen) atoms. The van der Waals surface area contributed by atoms with Gasteiger partial charge in [0.1, 0.15) is 18.0 Å². The zero-order chi connectivity index (χ0) is 17.6. The van der Waals surface area contributed by atoms with Crippen LogP contribution < -0.4 is 15.4 Å². The molecule has 1 aromatic carbocycles. The molecule has 1 amide bonds. The number of methoxy groups -OCH3 is 1. The van der Waals surface area contributed by atoms with Crippen LogP contribution in [0.3, 0.4) is 0 Å². The molecule has 0 spiro atoms. The molecule has 1 aliphatic heterocycles. The predicted molar refractivity (Wildman–Crippen MR) is 103 cm³/mol. The minimum Gasteiger partial charge on any atom is -0.492 e. The van der Waals surface area contributed by atoms with Crippen LogP contribution in [0, 0.1) is 0 Å². The smallest absolute Gasteiger partial charge is 0.252 e. The summed E-state index contributed by atoms with van der Waals surface area (Å²) in [5.41, 5.74) is 0.714. The third-order valence-electron chi connectivity index (χ3n) is 4.59. The molecule has 1 fully saturated rings. The second kappa shape index (κ2) is 9.41. The molecular weight excluding hydrogens is 340 g/mol. The Bertz CT molecular complexity index is 535. The summed E-state index contributed by atoms with van der Waals surface area (Å²) in [6.07, 6.45) is 1.40. The van der Waals surface area contributed by atoms with Gasteiger partial charge in [0, 0.05) is 7.11 Å². The standard InChI is InChI=1S/C19H30N2O3.ClH/c1-18(2,3)15-5-7-16(8-6-15)24-14-13-21-17(22)19(23-4)9-11-20-12-10-19;/h5-8,20H,9-14H2,1-4H3,(H,21,22);1H. The number of benzene rings is 1. The van der Waals surface area contributed by atoms with Crippen molar-refractivity contribution >= 4 is 18.3 Å². The van der Waals surface area contributed by atoms with Crippen LogP contribution in [0.4, 0.5) is 0 Å². The maximum atomic E-state index is 12.4. The summed E-state index contributed by atoms with van der Waals surface area (Å²) in [6.45, 7) is 9.08. The zero-order valence-corrected chi connectivity index (χ0v) is 16.5. The van der Waals surface area contributed by atoms with Crippen molar-refractivity contribution in [2.75, 3.05) is 33.4 Å². The Balaban J connectivity index is 0.00000312. The first-order valence-corrected chi connectivity index (χ1v) is 8.65. The van der Waals surface area contributed by atoms with Gasteiger partial charge < -0.3 is 20.1 Å². The average molecular weight is 371 g/mol. The molecule has 0 unspecified atom stereocenters. The minimum absolute atomic E-state index is 0. The number of amides is 1. The van der Waals surface area contributed by atoms with E-state index in [2.05, 4.69) is 43.5 Å². The largest absolute Gasteiger partial charge is 0.492 e. The molecule has 0 aromatic heterocycles. The molecule has 1 aliphatic rings.